The van der Waals surface area contributed by atoms with Gasteiger partial charge in [0.25, 0.3) is 0 Å². The van der Waals surface area contributed by atoms with Crippen molar-refractivity contribution in [2.75, 3.05) is 6.61 Å². The third-order valence-corrected chi connectivity index (χ3v) is 11.8. The average Bonchev–Trinajstić information content (AvgIpc) is 3.67. The fraction of sp³-hybridized carbons (Fsp3) is 0.218. The van der Waals surface area contributed by atoms with Gasteiger partial charge in [0.15, 0.2) is 0 Å². The third-order valence-electron chi connectivity index (χ3n) is 11.8. The van der Waals surface area contributed by atoms with Crippen LogP contribution in [-0.4, -0.2) is 16.2 Å². The van der Waals surface area contributed by atoms with Gasteiger partial charge in [0, 0.05) is 17.3 Å². The van der Waals surface area contributed by atoms with Gasteiger partial charge in [0.1, 0.15) is 11.6 Å². The highest BCUT2D eigenvalue weighted by molar-refractivity contribution is 6.25. The summed E-state index contributed by atoms with van der Waals surface area (Å²) in [4.78, 5) is 5.79. The zero-order valence-corrected chi connectivity index (χ0v) is 33.9. The number of hydrogen-bond donors (Lipinski definition) is 0. The van der Waals surface area contributed by atoms with Crippen molar-refractivity contribution in [1.29, 1.82) is 0 Å². The minimum Gasteiger partial charge on any atom is -0.493 e. The van der Waals surface area contributed by atoms with Crippen LogP contribution in [0.4, 0.5) is 0 Å². The van der Waals surface area contributed by atoms with Gasteiger partial charge in [-0.25, -0.2) is 4.98 Å². The van der Waals surface area contributed by atoms with Gasteiger partial charge in [0.05, 0.1) is 23.2 Å². The highest BCUT2D eigenvalue weighted by Gasteiger charge is 2.24. The Hall–Kier alpha value is -6.19. The summed E-state index contributed by atoms with van der Waals surface area (Å²) in [6.07, 6.45) is 9.32. The molecule has 3 heteroatoms. The summed E-state index contributed by atoms with van der Waals surface area (Å²) in [5.74, 6) is 1.90. The standard InChI is InChI=1S/C55H52N2O/c1-3-5-7-17-35-57-54-50-38-45(42-27-25-41(26-28-42)39-19-11-9-12-20-39)30-33-48(50)47-32-29-44(40-21-13-10-14-22-40)37-49(47)53(54)56-55(57)52-46-24-16-15-23-43(46)31-34-51(52)58-36-18-8-6-4-2/h9-16,19-34,37-38H,3-8,17-18,35-36H2,1-2H3. The Morgan fingerprint density at radius 2 is 1.00 bits per heavy atom. The molecule has 1 aromatic heterocycles. The molecule has 0 N–H and O–H groups in total. The maximum atomic E-state index is 6.76. The van der Waals surface area contributed by atoms with Gasteiger partial charge in [-0.15, -0.1) is 0 Å². The Labute approximate surface area is 343 Å². The largest absolute Gasteiger partial charge is 0.493 e. The van der Waals surface area contributed by atoms with Gasteiger partial charge >= 0.3 is 0 Å². The lowest BCUT2D eigenvalue weighted by molar-refractivity contribution is 0.306. The number of hydrogen-bond acceptors (Lipinski definition) is 2. The van der Waals surface area contributed by atoms with Crippen molar-refractivity contribution in [2.45, 2.75) is 71.8 Å². The Balaban J connectivity index is 1.31. The number of imidazole rings is 1. The molecule has 0 saturated carbocycles. The molecule has 0 radical (unpaired) electrons. The fourth-order valence-electron chi connectivity index (χ4n) is 8.76. The summed E-state index contributed by atoms with van der Waals surface area (Å²) in [6.45, 7) is 6.12. The first-order valence-corrected chi connectivity index (χ1v) is 21.5. The maximum absolute atomic E-state index is 6.76. The summed E-state index contributed by atoms with van der Waals surface area (Å²) >= 11 is 0. The fourth-order valence-corrected chi connectivity index (χ4v) is 8.76. The van der Waals surface area contributed by atoms with Crippen molar-refractivity contribution in [1.82, 2.24) is 9.55 Å². The van der Waals surface area contributed by atoms with E-state index in [-0.39, 0.29) is 0 Å². The SMILES string of the molecule is CCCCCCOc1ccc2ccccc2c1-c1nc2c3cc(-c4ccccc4)ccc3c3ccc(-c4ccc(-c5ccccc5)cc4)cc3c2n1CCCCCC. The van der Waals surface area contributed by atoms with Gasteiger partial charge in [-0.05, 0) is 86.0 Å². The summed E-state index contributed by atoms with van der Waals surface area (Å²) in [5, 5.41) is 7.26. The number of aromatic nitrogens is 2. The molecule has 0 bridgehead atoms. The second kappa shape index (κ2) is 17.1. The third kappa shape index (κ3) is 7.38. The molecule has 0 aliphatic rings. The van der Waals surface area contributed by atoms with E-state index >= 15 is 0 Å². The monoisotopic (exact) mass is 756 g/mol. The highest BCUT2D eigenvalue weighted by Crippen LogP contribution is 2.44. The molecule has 0 saturated heterocycles. The molecule has 0 spiro atoms. The number of unbranched alkanes of at least 4 members (excludes halogenated alkanes) is 6. The van der Waals surface area contributed by atoms with Crippen molar-refractivity contribution in [3.8, 4) is 50.5 Å². The van der Waals surface area contributed by atoms with E-state index in [2.05, 4.69) is 176 Å². The van der Waals surface area contributed by atoms with E-state index in [1.807, 2.05) is 0 Å². The molecule has 9 rings (SSSR count). The van der Waals surface area contributed by atoms with Gasteiger partial charge in [-0.2, -0.15) is 0 Å². The van der Waals surface area contributed by atoms with Crippen LogP contribution in [0.5, 0.6) is 5.75 Å². The molecule has 0 fully saturated rings. The number of nitrogens with zero attached hydrogens (tertiary/aromatic N) is 2. The van der Waals surface area contributed by atoms with E-state index in [1.165, 1.54) is 110 Å². The quantitative estimate of drug-likeness (QED) is 0.0769. The first kappa shape index (κ1) is 37.4. The van der Waals surface area contributed by atoms with Gasteiger partial charge < -0.3 is 9.30 Å². The predicted octanol–water partition coefficient (Wildman–Crippen LogP) is 15.7. The number of benzene rings is 8. The number of fused-ring (bicyclic) bond motifs is 7. The van der Waals surface area contributed by atoms with Crippen LogP contribution in [0.3, 0.4) is 0 Å². The number of ether oxygens (including phenoxy) is 1. The molecular formula is C55H52N2O. The summed E-state index contributed by atoms with van der Waals surface area (Å²) in [7, 11) is 0. The van der Waals surface area contributed by atoms with Gasteiger partial charge in [0.2, 0.25) is 0 Å². The van der Waals surface area contributed by atoms with Crippen LogP contribution >= 0.6 is 0 Å². The first-order chi connectivity index (χ1) is 28.7. The molecule has 58 heavy (non-hydrogen) atoms. The van der Waals surface area contributed by atoms with Gasteiger partial charge in [-0.3, -0.25) is 0 Å². The molecule has 0 amide bonds. The van der Waals surface area contributed by atoms with Crippen molar-refractivity contribution in [3.63, 3.8) is 0 Å². The van der Waals surface area contributed by atoms with E-state index in [1.54, 1.807) is 0 Å². The Morgan fingerprint density at radius 3 is 1.69 bits per heavy atom. The first-order valence-electron chi connectivity index (χ1n) is 21.5. The van der Waals surface area contributed by atoms with Crippen LogP contribution in [0.25, 0.3) is 88.1 Å². The van der Waals surface area contributed by atoms with E-state index < -0.39 is 0 Å². The Bertz CT molecular complexity index is 2820. The van der Waals surface area contributed by atoms with E-state index in [0.29, 0.717) is 6.61 Å². The van der Waals surface area contributed by atoms with Crippen LogP contribution in [0, 0.1) is 0 Å². The van der Waals surface area contributed by atoms with Crippen molar-refractivity contribution >= 4 is 43.4 Å². The summed E-state index contributed by atoms with van der Waals surface area (Å²) < 4.78 is 9.31. The molecule has 0 unspecified atom stereocenters. The maximum Gasteiger partial charge on any atom is 0.145 e. The molecule has 8 aromatic carbocycles. The van der Waals surface area contributed by atoms with Crippen LogP contribution in [0.2, 0.25) is 0 Å². The van der Waals surface area contributed by atoms with Crippen LogP contribution < -0.4 is 4.74 Å². The van der Waals surface area contributed by atoms with E-state index in [4.69, 9.17) is 9.72 Å². The molecule has 1 heterocycles. The lowest BCUT2D eigenvalue weighted by atomic mass is 9.93. The summed E-state index contributed by atoms with van der Waals surface area (Å²) in [5.41, 5.74) is 10.6. The topological polar surface area (TPSA) is 27.1 Å². The van der Waals surface area contributed by atoms with Crippen molar-refractivity contribution < 1.29 is 4.74 Å². The molecule has 3 nitrogen and oxygen atoms in total. The van der Waals surface area contributed by atoms with Crippen molar-refractivity contribution in [3.05, 3.63) is 158 Å². The highest BCUT2D eigenvalue weighted by atomic mass is 16.5. The number of rotatable bonds is 15. The number of aryl methyl sites for hydroxylation is 1. The zero-order valence-electron chi connectivity index (χ0n) is 33.9. The second-order valence-corrected chi connectivity index (χ2v) is 15.7. The summed E-state index contributed by atoms with van der Waals surface area (Å²) in [6, 6.07) is 57.5. The van der Waals surface area contributed by atoms with E-state index in [0.717, 1.165) is 42.0 Å². The molecule has 0 aliphatic heterocycles. The smallest absolute Gasteiger partial charge is 0.145 e. The van der Waals surface area contributed by atoms with Crippen LogP contribution in [0.1, 0.15) is 65.2 Å². The predicted molar refractivity (Wildman–Crippen MR) is 248 cm³/mol. The Morgan fingerprint density at radius 1 is 0.448 bits per heavy atom. The minimum atomic E-state index is 0.695. The van der Waals surface area contributed by atoms with Crippen molar-refractivity contribution in [2.24, 2.45) is 0 Å². The van der Waals surface area contributed by atoms with Crippen LogP contribution in [-0.2, 0) is 6.54 Å². The van der Waals surface area contributed by atoms with Gasteiger partial charge in [-0.1, -0.05) is 192 Å². The van der Waals surface area contributed by atoms with Crippen LogP contribution in [0.15, 0.2) is 158 Å². The van der Waals surface area contributed by atoms with E-state index in [9.17, 15) is 0 Å². The molecule has 0 aliphatic carbocycles. The lowest BCUT2D eigenvalue weighted by Crippen LogP contribution is -2.05. The second-order valence-electron chi connectivity index (χ2n) is 15.7. The molecule has 0 atom stereocenters. The average molecular weight is 757 g/mol. The molecule has 288 valence electrons. The Kier molecular flexibility index (Phi) is 11.0. The molecular weight excluding hydrogens is 705 g/mol. The normalized spacial score (nSPS) is 11.6. The minimum absolute atomic E-state index is 0.695. The molecule has 9 aromatic rings. The lowest BCUT2D eigenvalue weighted by Gasteiger charge is -2.17. The zero-order chi connectivity index (χ0) is 39.3.